The molecule has 0 saturated carbocycles. The summed E-state index contributed by atoms with van der Waals surface area (Å²) in [6, 6.07) is 27.7. The maximum absolute atomic E-state index is 11.5. The highest BCUT2D eigenvalue weighted by Gasteiger charge is 2.10. The highest BCUT2D eigenvalue weighted by Crippen LogP contribution is 2.23. The van der Waals surface area contributed by atoms with E-state index in [0.717, 1.165) is 33.5 Å². The van der Waals surface area contributed by atoms with E-state index in [-0.39, 0.29) is 5.78 Å². The molecule has 1 heterocycles. The number of hydrogen-bond donors (Lipinski definition) is 0. The van der Waals surface area contributed by atoms with Gasteiger partial charge in [0, 0.05) is 10.9 Å². The molecule has 1 unspecified atom stereocenters. The first-order chi connectivity index (χ1) is 15.6. The molecule has 0 aliphatic heterocycles. The average molecular weight is 424 g/mol. The molecule has 1 atom stereocenters. The molecule has 0 saturated heterocycles. The van der Waals surface area contributed by atoms with Gasteiger partial charge in [-0.25, -0.2) is 4.98 Å². The first kappa shape index (κ1) is 21.3. The van der Waals surface area contributed by atoms with Crippen LogP contribution in [0.15, 0.2) is 84.9 Å². The Morgan fingerprint density at radius 3 is 2.47 bits per heavy atom. The summed E-state index contributed by atoms with van der Waals surface area (Å²) >= 11 is 0. The summed E-state index contributed by atoms with van der Waals surface area (Å²) in [5.74, 6) is 1.48. The van der Waals surface area contributed by atoms with Gasteiger partial charge in [0.15, 0.2) is 11.9 Å². The summed E-state index contributed by atoms with van der Waals surface area (Å²) < 4.78 is 11.7. The zero-order valence-electron chi connectivity index (χ0n) is 18.2. The van der Waals surface area contributed by atoms with Crippen LogP contribution in [0, 0.1) is 0 Å². The molecule has 0 amide bonds. The van der Waals surface area contributed by atoms with Gasteiger partial charge in [-0.2, -0.15) is 0 Å². The topological polar surface area (TPSA) is 48.4 Å². The molecule has 32 heavy (non-hydrogen) atoms. The number of para-hydroxylation sites is 2. The molecule has 1 aromatic heterocycles. The molecule has 4 rings (SSSR count). The van der Waals surface area contributed by atoms with E-state index in [1.807, 2.05) is 91.0 Å². The lowest BCUT2D eigenvalue weighted by Gasteiger charge is -2.13. The lowest BCUT2D eigenvalue weighted by molar-refractivity contribution is -0.122. The lowest BCUT2D eigenvalue weighted by Crippen LogP contribution is -2.20. The molecule has 3 aromatic carbocycles. The summed E-state index contributed by atoms with van der Waals surface area (Å²) in [5.41, 5.74) is 3.82. The normalized spacial score (nSPS) is 12.1. The number of ether oxygens (including phenoxy) is 2. The number of aromatic nitrogens is 1. The fourth-order valence-corrected chi connectivity index (χ4v) is 3.21. The smallest absolute Gasteiger partial charge is 0.169 e. The molecule has 0 aliphatic rings. The molecule has 0 aliphatic carbocycles. The van der Waals surface area contributed by atoms with Gasteiger partial charge in [0.05, 0.1) is 11.2 Å². The second kappa shape index (κ2) is 9.92. The number of carbonyl (C=O) groups excluding carboxylic acids is 1. The van der Waals surface area contributed by atoms with E-state index in [9.17, 15) is 4.79 Å². The standard InChI is InChI=1S/C28H25NO3/c1-20(30)21(2)32-28-10-6-4-8-24(28)14-11-22-12-17-26(18-13-22)31-19-25-16-15-23-7-3-5-9-27(23)29-25/h3-18,21H,19H2,1-2H3/b14-11-. The van der Waals surface area contributed by atoms with Crippen LogP contribution in [0.4, 0.5) is 0 Å². The Kier molecular flexibility index (Phi) is 6.61. The number of rotatable bonds is 8. The maximum atomic E-state index is 11.5. The quantitative estimate of drug-likeness (QED) is 0.310. The Balaban J connectivity index is 1.39. The van der Waals surface area contributed by atoms with Gasteiger partial charge in [-0.1, -0.05) is 66.7 Å². The largest absolute Gasteiger partial charge is 0.487 e. The van der Waals surface area contributed by atoms with Crippen LogP contribution in [-0.4, -0.2) is 16.9 Å². The van der Waals surface area contributed by atoms with Crippen molar-refractivity contribution in [1.29, 1.82) is 0 Å². The van der Waals surface area contributed by atoms with Crippen LogP contribution < -0.4 is 9.47 Å². The van der Waals surface area contributed by atoms with E-state index in [2.05, 4.69) is 11.1 Å². The van der Waals surface area contributed by atoms with Crippen LogP contribution in [0.1, 0.15) is 30.7 Å². The van der Waals surface area contributed by atoms with E-state index in [4.69, 9.17) is 9.47 Å². The zero-order valence-corrected chi connectivity index (χ0v) is 18.2. The zero-order chi connectivity index (χ0) is 22.3. The molecule has 4 aromatic rings. The van der Waals surface area contributed by atoms with E-state index in [1.165, 1.54) is 6.92 Å². The van der Waals surface area contributed by atoms with E-state index in [0.29, 0.717) is 12.4 Å². The van der Waals surface area contributed by atoms with Crippen molar-refractivity contribution in [2.45, 2.75) is 26.6 Å². The van der Waals surface area contributed by atoms with Crippen LogP contribution in [0.25, 0.3) is 23.1 Å². The summed E-state index contributed by atoms with van der Waals surface area (Å²) in [5, 5.41) is 1.12. The van der Waals surface area contributed by atoms with Crippen molar-refractivity contribution in [2.75, 3.05) is 0 Å². The first-order valence-electron chi connectivity index (χ1n) is 10.6. The monoisotopic (exact) mass is 423 g/mol. The Labute approximate surface area is 188 Å². The third-order valence-electron chi connectivity index (χ3n) is 5.17. The Morgan fingerprint density at radius 1 is 0.906 bits per heavy atom. The average Bonchev–Trinajstić information content (AvgIpc) is 2.82. The second-order valence-electron chi connectivity index (χ2n) is 7.59. The van der Waals surface area contributed by atoms with Crippen molar-refractivity contribution < 1.29 is 14.3 Å². The van der Waals surface area contributed by atoms with Crippen molar-refractivity contribution in [2.24, 2.45) is 0 Å². The molecule has 0 N–H and O–H groups in total. The molecule has 160 valence electrons. The van der Waals surface area contributed by atoms with Gasteiger partial charge in [0.25, 0.3) is 0 Å². The van der Waals surface area contributed by atoms with Gasteiger partial charge in [-0.3, -0.25) is 4.79 Å². The molecular formula is C28H25NO3. The third kappa shape index (κ3) is 5.41. The highest BCUT2D eigenvalue weighted by molar-refractivity contribution is 5.81. The summed E-state index contributed by atoms with van der Waals surface area (Å²) in [6.07, 6.45) is 3.52. The predicted octanol–water partition coefficient (Wildman–Crippen LogP) is 6.34. The van der Waals surface area contributed by atoms with Crippen LogP contribution >= 0.6 is 0 Å². The summed E-state index contributed by atoms with van der Waals surface area (Å²) in [6.45, 7) is 3.71. The molecule has 4 nitrogen and oxygen atoms in total. The highest BCUT2D eigenvalue weighted by atomic mass is 16.5. The van der Waals surface area contributed by atoms with Crippen LogP contribution in [0.3, 0.4) is 0 Å². The number of hydrogen-bond acceptors (Lipinski definition) is 4. The first-order valence-corrected chi connectivity index (χ1v) is 10.6. The Bertz CT molecular complexity index is 1250. The molecular weight excluding hydrogens is 398 g/mol. The number of benzene rings is 3. The van der Waals surface area contributed by atoms with Crippen LogP contribution in [-0.2, 0) is 11.4 Å². The summed E-state index contributed by atoms with van der Waals surface area (Å²) in [7, 11) is 0. The van der Waals surface area contributed by atoms with Crippen molar-refractivity contribution >= 4 is 28.8 Å². The van der Waals surface area contributed by atoms with E-state index < -0.39 is 6.10 Å². The molecule has 0 radical (unpaired) electrons. The minimum absolute atomic E-state index is 0.00161. The van der Waals surface area contributed by atoms with Crippen LogP contribution in [0.2, 0.25) is 0 Å². The number of fused-ring (bicyclic) bond motifs is 1. The van der Waals surface area contributed by atoms with Crippen molar-refractivity contribution in [3.05, 3.63) is 102 Å². The van der Waals surface area contributed by atoms with Crippen molar-refractivity contribution in [3.8, 4) is 11.5 Å². The Morgan fingerprint density at radius 2 is 1.66 bits per heavy atom. The van der Waals surface area contributed by atoms with Gasteiger partial charge in [-0.05, 0) is 49.7 Å². The fraction of sp³-hybridized carbons (Fsp3) is 0.143. The molecule has 0 spiro atoms. The molecule has 0 fully saturated rings. The predicted molar refractivity (Wildman–Crippen MR) is 129 cm³/mol. The number of ketones is 1. The second-order valence-corrected chi connectivity index (χ2v) is 7.59. The van der Waals surface area contributed by atoms with Gasteiger partial charge in [0.2, 0.25) is 0 Å². The SMILES string of the molecule is CC(=O)C(C)Oc1ccccc1/C=C\c1ccc(OCc2ccc3ccccc3n2)cc1. The van der Waals surface area contributed by atoms with Crippen LogP contribution in [0.5, 0.6) is 11.5 Å². The fourth-order valence-electron chi connectivity index (χ4n) is 3.21. The Hall–Kier alpha value is -3.92. The number of pyridine rings is 1. The lowest BCUT2D eigenvalue weighted by atomic mass is 10.1. The van der Waals surface area contributed by atoms with E-state index >= 15 is 0 Å². The number of nitrogens with zero attached hydrogens (tertiary/aromatic N) is 1. The maximum Gasteiger partial charge on any atom is 0.169 e. The number of carbonyl (C=O) groups is 1. The summed E-state index contributed by atoms with van der Waals surface area (Å²) in [4.78, 5) is 16.2. The van der Waals surface area contributed by atoms with Crippen molar-refractivity contribution in [1.82, 2.24) is 4.98 Å². The number of Topliss-reactive ketones (excluding diaryl/α,β-unsaturated/α-hetero) is 1. The van der Waals surface area contributed by atoms with E-state index in [1.54, 1.807) is 6.92 Å². The molecule has 4 heteroatoms. The van der Waals surface area contributed by atoms with Gasteiger partial charge in [-0.15, -0.1) is 0 Å². The van der Waals surface area contributed by atoms with Gasteiger partial charge >= 0.3 is 0 Å². The minimum atomic E-state index is -0.474. The molecule has 0 bridgehead atoms. The third-order valence-corrected chi connectivity index (χ3v) is 5.17. The van der Waals surface area contributed by atoms with Crippen molar-refractivity contribution in [3.63, 3.8) is 0 Å². The minimum Gasteiger partial charge on any atom is -0.487 e. The van der Waals surface area contributed by atoms with Gasteiger partial charge in [0.1, 0.15) is 18.1 Å². The van der Waals surface area contributed by atoms with Gasteiger partial charge < -0.3 is 9.47 Å².